The van der Waals surface area contributed by atoms with E-state index in [2.05, 4.69) is 10.1 Å². The first kappa shape index (κ1) is 25.7. The zero-order valence-corrected chi connectivity index (χ0v) is 16.1. The van der Waals surface area contributed by atoms with Gasteiger partial charge in [0.2, 0.25) is 0 Å². The van der Waals surface area contributed by atoms with Crippen molar-refractivity contribution in [3.63, 3.8) is 0 Å². The van der Waals surface area contributed by atoms with Crippen LogP contribution in [-0.2, 0) is 33.3 Å². The van der Waals surface area contributed by atoms with E-state index in [-0.39, 0.29) is 18.5 Å². The van der Waals surface area contributed by atoms with Gasteiger partial charge in [-0.05, 0) is 34.2 Å². The molecule has 0 fully saturated rings. The van der Waals surface area contributed by atoms with Gasteiger partial charge in [-0.2, -0.15) is 0 Å². The van der Waals surface area contributed by atoms with E-state index in [4.69, 9.17) is 14.2 Å². The van der Waals surface area contributed by atoms with E-state index in [9.17, 15) is 14.4 Å². The van der Waals surface area contributed by atoms with Crippen LogP contribution in [-0.4, -0.2) is 71.0 Å². The van der Waals surface area contributed by atoms with Crippen molar-refractivity contribution in [2.45, 2.75) is 45.6 Å². The Bertz CT molecular complexity index is 353. The second-order valence-electron chi connectivity index (χ2n) is 5.99. The summed E-state index contributed by atoms with van der Waals surface area (Å²) in [6.07, 6.45) is 2.15. The molecule has 0 aliphatic carbocycles. The van der Waals surface area contributed by atoms with Crippen molar-refractivity contribution in [1.29, 1.82) is 0 Å². The number of nitrogens with one attached hydrogen (secondary N) is 1. The van der Waals surface area contributed by atoms with Gasteiger partial charge in [-0.15, -0.1) is 0 Å². The van der Waals surface area contributed by atoms with Gasteiger partial charge in [-0.3, -0.25) is 4.79 Å². The van der Waals surface area contributed by atoms with Crippen molar-refractivity contribution in [2.24, 2.45) is 0 Å². The molecule has 0 atom stereocenters. The molecule has 25 heavy (non-hydrogen) atoms. The first-order valence-corrected chi connectivity index (χ1v) is 8.29. The summed E-state index contributed by atoms with van der Waals surface area (Å²) in [5.41, 5.74) is -0.418. The van der Waals surface area contributed by atoms with Crippen molar-refractivity contribution in [3.05, 3.63) is 0 Å². The number of unbranched alkanes of at least 4 members (excludes halogenated alkanes) is 1. The van der Waals surface area contributed by atoms with Crippen LogP contribution in [0.4, 0.5) is 0 Å². The maximum absolute atomic E-state index is 11.0. The molecule has 0 spiro atoms. The average Bonchev–Trinajstić information content (AvgIpc) is 2.53. The van der Waals surface area contributed by atoms with E-state index in [0.717, 1.165) is 12.8 Å². The van der Waals surface area contributed by atoms with E-state index < -0.39 is 5.60 Å². The van der Waals surface area contributed by atoms with Crippen LogP contribution in [0.1, 0.15) is 40.0 Å². The fourth-order valence-corrected chi connectivity index (χ4v) is 1.33. The minimum absolute atomic E-state index is 0.00805. The monoisotopic (exact) mass is 363 g/mol. The minimum atomic E-state index is -0.418. The summed E-state index contributed by atoms with van der Waals surface area (Å²) >= 11 is 0. The van der Waals surface area contributed by atoms with Crippen LogP contribution in [0.2, 0.25) is 0 Å². The molecule has 8 heteroatoms. The molecule has 0 unspecified atom stereocenters. The molecule has 148 valence electrons. The molecule has 0 aliphatic rings. The highest BCUT2D eigenvalue weighted by molar-refractivity contribution is 5.70. The van der Waals surface area contributed by atoms with Gasteiger partial charge in [0.05, 0.1) is 26.9 Å². The van der Waals surface area contributed by atoms with Crippen LogP contribution in [0, 0.1) is 0 Å². The van der Waals surface area contributed by atoms with E-state index >= 15 is 0 Å². The van der Waals surface area contributed by atoms with Gasteiger partial charge >= 0.3 is 11.9 Å². The Labute approximate surface area is 150 Å². The topological polar surface area (TPSA) is 100 Å². The summed E-state index contributed by atoms with van der Waals surface area (Å²) in [5, 5.41) is 2.95. The number of carbonyl (C=O) groups is 3. The summed E-state index contributed by atoms with van der Waals surface area (Å²) in [6, 6.07) is 0. The maximum Gasteiger partial charge on any atom is 0.331 e. The lowest BCUT2D eigenvalue weighted by Crippen LogP contribution is -2.23. The highest BCUT2D eigenvalue weighted by Gasteiger charge is 2.15. The third kappa shape index (κ3) is 24.9. The molecule has 8 nitrogen and oxygen atoms in total. The lowest BCUT2D eigenvalue weighted by Gasteiger charge is -2.19. The molecule has 0 saturated heterocycles. The highest BCUT2D eigenvalue weighted by Crippen LogP contribution is 2.09. The minimum Gasteiger partial charge on any atom is -0.467 e. The standard InChI is InChI=1S/C9H16O3.C8H17NO4/c1-9(2,3)12-8(11)6-4-5-7-10;1-9-3-4-12-5-6-13-7-8(10)11-2/h7H,4-6H2,1-3H3;9H,3-7H2,1-2H3. The van der Waals surface area contributed by atoms with Crippen molar-refractivity contribution in [3.8, 4) is 0 Å². The molecular weight excluding hydrogens is 330 g/mol. The fraction of sp³-hybridized carbons (Fsp3) is 0.824. The lowest BCUT2D eigenvalue weighted by molar-refractivity contribution is -0.155. The molecule has 0 aromatic carbocycles. The Morgan fingerprint density at radius 3 is 2.20 bits per heavy atom. The Balaban J connectivity index is 0. The van der Waals surface area contributed by atoms with Crippen LogP contribution < -0.4 is 5.32 Å². The summed E-state index contributed by atoms with van der Waals surface area (Å²) < 4.78 is 19.5. The van der Waals surface area contributed by atoms with Crippen LogP contribution in [0.3, 0.4) is 0 Å². The van der Waals surface area contributed by atoms with Crippen molar-refractivity contribution in [1.82, 2.24) is 5.32 Å². The number of esters is 2. The first-order chi connectivity index (χ1) is 11.8. The quantitative estimate of drug-likeness (QED) is 0.313. The van der Waals surface area contributed by atoms with E-state index in [1.807, 2.05) is 27.8 Å². The molecule has 1 N–H and O–H groups in total. The Kier molecular flexibility index (Phi) is 17.8. The van der Waals surface area contributed by atoms with Crippen LogP contribution in [0.5, 0.6) is 0 Å². The number of likely N-dealkylation sites (N-methyl/N-ethyl adjacent to an activating group) is 1. The Hall–Kier alpha value is -1.51. The van der Waals surface area contributed by atoms with Crippen molar-refractivity contribution in [2.75, 3.05) is 47.1 Å². The zero-order chi connectivity index (χ0) is 19.6. The maximum atomic E-state index is 11.0. The molecule has 0 aromatic heterocycles. The van der Waals surface area contributed by atoms with Gasteiger partial charge in [-0.25, -0.2) is 4.79 Å². The van der Waals surface area contributed by atoms with E-state index in [0.29, 0.717) is 39.1 Å². The lowest BCUT2D eigenvalue weighted by atomic mass is 10.2. The van der Waals surface area contributed by atoms with Crippen molar-refractivity contribution < 1.29 is 33.3 Å². The summed E-state index contributed by atoms with van der Waals surface area (Å²) in [7, 11) is 3.19. The van der Waals surface area contributed by atoms with Gasteiger partial charge in [0.1, 0.15) is 18.5 Å². The van der Waals surface area contributed by atoms with Gasteiger partial charge in [0.15, 0.2) is 0 Å². The largest absolute Gasteiger partial charge is 0.467 e. The molecule has 0 bridgehead atoms. The Morgan fingerprint density at radius 1 is 1.04 bits per heavy atom. The number of hydrogen-bond donors (Lipinski definition) is 1. The summed E-state index contributed by atoms with van der Waals surface area (Å²) in [6.45, 7) is 7.85. The van der Waals surface area contributed by atoms with Gasteiger partial charge in [-0.1, -0.05) is 0 Å². The fourth-order valence-electron chi connectivity index (χ4n) is 1.33. The molecule has 0 aromatic rings. The second-order valence-corrected chi connectivity index (χ2v) is 5.99. The third-order valence-corrected chi connectivity index (χ3v) is 2.44. The number of methoxy groups -OCH3 is 1. The summed E-state index contributed by atoms with van der Waals surface area (Å²) in [5.74, 6) is -0.598. The summed E-state index contributed by atoms with van der Waals surface area (Å²) in [4.78, 5) is 31.5. The number of rotatable bonds is 12. The second kappa shape index (κ2) is 17.3. The average molecular weight is 363 g/mol. The predicted molar refractivity (Wildman–Crippen MR) is 93.3 cm³/mol. The predicted octanol–water partition coefficient (Wildman–Crippen LogP) is 1.11. The normalized spacial score (nSPS) is 10.4. The van der Waals surface area contributed by atoms with Crippen molar-refractivity contribution >= 4 is 18.2 Å². The molecular formula is C17H33NO7. The number of ether oxygens (including phenoxy) is 4. The highest BCUT2D eigenvalue weighted by atomic mass is 16.6. The van der Waals surface area contributed by atoms with Gasteiger partial charge in [0.25, 0.3) is 0 Å². The molecule has 0 amide bonds. The van der Waals surface area contributed by atoms with E-state index in [1.165, 1.54) is 7.11 Å². The number of hydrogen-bond acceptors (Lipinski definition) is 8. The molecule has 0 saturated carbocycles. The van der Waals surface area contributed by atoms with E-state index in [1.54, 1.807) is 0 Å². The molecule has 0 heterocycles. The SMILES string of the molecule is CC(C)(C)OC(=O)CCCC=O.CNCCOCCOCC(=O)OC. The van der Waals surface area contributed by atoms with Gasteiger partial charge in [0, 0.05) is 19.4 Å². The Morgan fingerprint density at radius 2 is 1.68 bits per heavy atom. The number of aldehydes is 1. The smallest absolute Gasteiger partial charge is 0.331 e. The van der Waals surface area contributed by atoms with Crippen LogP contribution in [0.25, 0.3) is 0 Å². The third-order valence-electron chi connectivity index (χ3n) is 2.44. The van der Waals surface area contributed by atoms with Gasteiger partial charge < -0.3 is 29.1 Å². The number of carbonyl (C=O) groups excluding carboxylic acids is 3. The van der Waals surface area contributed by atoms with Crippen LogP contribution in [0.15, 0.2) is 0 Å². The molecule has 0 aliphatic heterocycles. The first-order valence-electron chi connectivity index (χ1n) is 8.29. The zero-order valence-electron chi connectivity index (χ0n) is 16.1. The molecule has 0 rings (SSSR count). The molecule has 0 radical (unpaired) electrons. The van der Waals surface area contributed by atoms with Crippen LogP contribution >= 0.6 is 0 Å².